The van der Waals surface area contributed by atoms with Crippen molar-refractivity contribution < 1.29 is 14.2 Å². The van der Waals surface area contributed by atoms with E-state index < -0.39 is 0 Å². The SMILES string of the molecule is C1=Nc2ccccc2C12COc1cc3c(cc12)OC(Cc1ccc(N[C@@H]2CCNC2)cc1)O3. The monoisotopic (exact) mass is 439 g/mol. The van der Waals surface area contributed by atoms with E-state index in [1.165, 1.54) is 11.1 Å². The van der Waals surface area contributed by atoms with Crippen molar-refractivity contribution >= 4 is 17.6 Å². The molecule has 1 spiro atoms. The van der Waals surface area contributed by atoms with Gasteiger partial charge in [-0.15, -0.1) is 0 Å². The molecule has 3 aromatic carbocycles. The summed E-state index contributed by atoms with van der Waals surface area (Å²) in [5.41, 5.74) is 5.27. The van der Waals surface area contributed by atoms with Gasteiger partial charge in [0.05, 0.1) is 11.1 Å². The second kappa shape index (κ2) is 7.25. The van der Waals surface area contributed by atoms with E-state index in [0.29, 0.717) is 19.1 Å². The van der Waals surface area contributed by atoms with Gasteiger partial charge in [-0.1, -0.05) is 30.3 Å². The summed E-state index contributed by atoms with van der Waals surface area (Å²) >= 11 is 0. The molecule has 166 valence electrons. The first-order chi connectivity index (χ1) is 16.3. The van der Waals surface area contributed by atoms with E-state index in [0.717, 1.165) is 53.7 Å². The van der Waals surface area contributed by atoms with Crippen molar-refractivity contribution in [2.75, 3.05) is 25.0 Å². The van der Waals surface area contributed by atoms with Crippen LogP contribution in [0.15, 0.2) is 65.7 Å². The zero-order valence-electron chi connectivity index (χ0n) is 18.2. The predicted molar refractivity (Wildman–Crippen MR) is 127 cm³/mol. The molecule has 4 heterocycles. The Hall–Kier alpha value is -3.51. The fourth-order valence-electron chi connectivity index (χ4n) is 5.34. The van der Waals surface area contributed by atoms with Gasteiger partial charge in [0.25, 0.3) is 0 Å². The summed E-state index contributed by atoms with van der Waals surface area (Å²) in [7, 11) is 0. The summed E-state index contributed by atoms with van der Waals surface area (Å²) in [6.07, 6.45) is 3.51. The average molecular weight is 440 g/mol. The van der Waals surface area contributed by atoms with Crippen LogP contribution >= 0.6 is 0 Å². The standard InChI is InChI=1S/C27H25N3O3/c1-2-4-22-20(3-1)27(15-29-22)16-31-23-13-25-24(12-21(23)27)32-26(33-25)11-17-5-7-18(8-6-17)30-19-9-10-28-14-19/h1-8,12-13,15,19,26,28,30H,9-11,14,16H2/t19-,26?,27?/m1/s1. The minimum Gasteiger partial charge on any atom is -0.491 e. The van der Waals surface area contributed by atoms with Crippen LogP contribution in [0.2, 0.25) is 0 Å². The van der Waals surface area contributed by atoms with E-state index in [1.807, 2.05) is 24.4 Å². The lowest BCUT2D eigenvalue weighted by atomic mass is 9.78. The number of rotatable bonds is 4. The topological polar surface area (TPSA) is 64.1 Å². The Labute approximate surface area is 192 Å². The summed E-state index contributed by atoms with van der Waals surface area (Å²) in [6, 6.07) is 21.4. The lowest BCUT2D eigenvalue weighted by Crippen LogP contribution is -2.28. The molecule has 7 rings (SSSR count). The highest BCUT2D eigenvalue weighted by Crippen LogP contribution is 2.52. The number of para-hydroxylation sites is 1. The molecular weight excluding hydrogens is 414 g/mol. The molecule has 0 saturated carbocycles. The molecule has 3 aromatic rings. The van der Waals surface area contributed by atoms with Crippen LogP contribution in [0.1, 0.15) is 23.1 Å². The van der Waals surface area contributed by atoms with Crippen molar-refractivity contribution in [3.05, 3.63) is 77.4 Å². The third-order valence-electron chi connectivity index (χ3n) is 7.09. The first-order valence-corrected chi connectivity index (χ1v) is 11.6. The lowest BCUT2D eigenvalue weighted by molar-refractivity contribution is 0.0501. The molecule has 4 aliphatic heterocycles. The van der Waals surface area contributed by atoms with Gasteiger partial charge in [0.15, 0.2) is 11.5 Å². The summed E-state index contributed by atoms with van der Waals surface area (Å²) < 4.78 is 18.5. The van der Waals surface area contributed by atoms with Gasteiger partial charge in [-0.2, -0.15) is 0 Å². The van der Waals surface area contributed by atoms with Gasteiger partial charge in [-0.05, 0) is 48.4 Å². The second-order valence-corrected chi connectivity index (χ2v) is 9.23. The highest BCUT2D eigenvalue weighted by molar-refractivity contribution is 5.91. The maximum absolute atomic E-state index is 6.22. The Morgan fingerprint density at radius 1 is 0.970 bits per heavy atom. The third-order valence-corrected chi connectivity index (χ3v) is 7.09. The molecule has 3 atom stereocenters. The Balaban J connectivity index is 1.09. The first-order valence-electron chi connectivity index (χ1n) is 11.6. The van der Waals surface area contributed by atoms with E-state index in [2.05, 4.69) is 58.1 Å². The number of ether oxygens (including phenoxy) is 3. The number of nitrogens with zero attached hydrogens (tertiary/aromatic N) is 1. The average Bonchev–Trinajstić information content (AvgIpc) is 3.62. The van der Waals surface area contributed by atoms with Gasteiger partial charge in [-0.25, -0.2) is 0 Å². The number of fused-ring (bicyclic) bond motifs is 5. The fourth-order valence-corrected chi connectivity index (χ4v) is 5.34. The van der Waals surface area contributed by atoms with Crippen LogP contribution in [0.25, 0.3) is 0 Å². The molecule has 0 aliphatic carbocycles. The van der Waals surface area contributed by atoms with Crippen molar-refractivity contribution in [1.29, 1.82) is 0 Å². The Bertz CT molecular complexity index is 1250. The molecule has 1 fully saturated rings. The van der Waals surface area contributed by atoms with Crippen LogP contribution in [0.5, 0.6) is 17.2 Å². The van der Waals surface area contributed by atoms with E-state index in [-0.39, 0.29) is 11.7 Å². The Kier molecular flexibility index (Phi) is 4.18. The van der Waals surface area contributed by atoms with Crippen molar-refractivity contribution in [3.63, 3.8) is 0 Å². The lowest BCUT2D eigenvalue weighted by Gasteiger charge is -2.20. The molecule has 1 saturated heterocycles. The van der Waals surface area contributed by atoms with Gasteiger partial charge >= 0.3 is 0 Å². The van der Waals surface area contributed by atoms with Crippen LogP contribution in [-0.2, 0) is 11.8 Å². The molecule has 0 amide bonds. The third kappa shape index (κ3) is 3.09. The smallest absolute Gasteiger partial charge is 0.245 e. The maximum atomic E-state index is 6.22. The molecular formula is C27H25N3O3. The zero-order chi connectivity index (χ0) is 21.8. The number of aliphatic imine (C=N–C) groups is 1. The largest absolute Gasteiger partial charge is 0.491 e. The van der Waals surface area contributed by atoms with Gasteiger partial charge in [0.2, 0.25) is 6.29 Å². The second-order valence-electron chi connectivity index (χ2n) is 9.23. The van der Waals surface area contributed by atoms with Crippen LogP contribution in [-0.4, -0.2) is 38.2 Å². The minimum atomic E-state index is -0.347. The Morgan fingerprint density at radius 2 is 1.82 bits per heavy atom. The van der Waals surface area contributed by atoms with Gasteiger partial charge in [0.1, 0.15) is 12.4 Å². The Morgan fingerprint density at radius 3 is 2.67 bits per heavy atom. The zero-order valence-corrected chi connectivity index (χ0v) is 18.2. The highest BCUT2D eigenvalue weighted by Gasteiger charge is 2.46. The summed E-state index contributed by atoms with van der Waals surface area (Å²) in [6.45, 7) is 2.66. The summed E-state index contributed by atoms with van der Waals surface area (Å²) in [5, 5.41) is 6.97. The number of nitrogens with one attached hydrogen (secondary N) is 2. The van der Waals surface area contributed by atoms with E-state index in [1.54, 1.807) is 0 Å². The quantitative estimate of drug-likeness (QED) is 0.638. The molecule has 33 heavy (non-hydrogen) atoms. The summed E-state index contributed by atoms with van der Waals surface area (Å²) in [4.78, 5) is 4.65. The number of benzene rings is 3. The number of anilines is 1. The molecule has 0 radical (unpaired) electrons. The molecule has 2 N–H and O–H groups in total. The van der Waals surface area contributed by atoms with Crippen LogP contribution in [0, 0.1) is 0 Å². The minimum absolute atomic E-state index is 0.346. The van der Waals surface area contributed by atoms with Gasteiger partial charge in [0, 0.05) is 42.5 Å². The van der Waals surface area contributed by atoms with Crippen molar-refractivity contribution in [2.24, 2.45) is 4.99 Å². The first kappa shape index (κ1) is 19.0. The normalized spacial score (nSPS) is 25.8. The molecule has 2 unspecified atom stereocenters. The van der Waals surface area contributed by atoms with Crippen LogP contribution in [0.4, 0.5) is 11.4 Å². The van der Waals surface area contributed by atoms with Crippen molar-refractivity contribution in [2.45, 2.75) is 30.6 Å². The molecule has 4 aliphatic rings. The fraction of sp³-hybridized carbons (Fsp3) is 0.296. The molecule has 0 bridgehead atoms. The number of hydrogen-bond donors (Lipinski definition) is 2. The molecule has 6 nitrogen and oxygen atoms in total. The van der Waals surface area contributed by atoms with Gasteiger partial charge in [-0.3, -0.25) is 4.99 Å². The van der Waals surface area contributed by atoms with E-state index >= 15 is 0 Å². The maximum Gasteiger partial charge on any atom is 0.245 e. The van der Waals surface area contributed by atoms with E-state index in [9.17, 15) is 0 Å². The van der Waals surface area contributed by atoms with Crippen molar-refractivity contribution in [3.8, 4) is 17.2 Å². The van der Waals surface area contributed by atoms with Crippen LogP contribution in [0.3, 0.4) is 0 Å². The van der Waals surface area contributed by atoms with Crippen LogP contribution < -0.4 is 24.8 Å². The summed E-state index contributed by atoms with van der Waals surface area (Å²) in [5.74, 6) is 2.36. The predicted octanol–water partition coefficient (Wildman–Crippen LogP) is 4.19. The van der Waals surface area contributed by atoms with Crippen molar-refractivity contribution in [1.82, 2.24) is 5.32 Å². The molecule has 0 aromatic heterocycles. The van der Waals surface area contributed by atoms with Gasteiger partial charge < -0.3 is 24.8 Å². The van der Waals surface area contributed by atoms with E-state index in [4.69, 9.17) is 14.2 Å². The number of hydrogen-bond acceptors (Lipinski definition) is 6. The molecule has 6 heteroatoms. The highest BCUT2D eigenvalue weighted by atomic mass is 16.7.